The van der Waals surface area contributed by atoms with Crippen molar-refractivity contribution in [2.24, 2.45) is 0 Å². The maximum atomic E-state index is 11.3. The number of aryl methyl sites for hydroxylation is 3. The number of aromatic amines is 6. The molecule has 0 spiro atoms. The molecule has 12 heterocycles. The number of nitrogens with zero attached hydrogens (tertiary/aromatic N) is 6. The molecule has 6 aromatic carbocycles. The van der Waals surface area contributed by atoms with E-state index in [1.807, 2.05) is 0 Å². The minimum Gasteiger partial charge on any atom is -0.447 e. The van der Waals surface area contributed by atoms with E-state index in [0.717, 1.165) is 11.9 Å². The van der Waals surface area contributed by atoms with Crippen LogP contribution in [-0.2, 0) is 105 Å². The van der Waals surface area contributed by atoms with E-state index in [0.29, 0.717) is 65.3 Å². The molecule has 126 heavy (non-hydrogen) atoms. The predicted octanol–water partition coefficient (Wildman–Crippen LogP) is 11.5. The Balaban J connectivity index is 0.000000171. The van der Waals surface area contributed by atoms with E-state index in [4.69, 9.17) is 94.2 Å². The molecule has 6 aliphatic heterocycles. The Morgan fingerprint density at radius 3 is 0.722 bits per heavy atom. The number of hydrogen-bond acceptors (Lipinski definition) is 18. The average molecular weight is 1770 g/mol. The number of aromatic nitrogens is 6. The van der Waals surface area contributed by atoms with E-state index in [9.17, 15) is 28.8 Å². The minimum absolute atomic E-state index is 0.00539. The van der Waals surface area contributed by atoms with Gasteiger partial charge in [0.05, 0.1) is 44.5 Å². The number of carbonyl (C=O) groups excluding carboxylic acids is 6. The molecular weight excluding hydrogens is 1600 g/mol. The van der Waals surface area contributed by atoms with Crippen LogP contribution >= 0.6 is 0 Å². The zero-order valence-corrected chi connectivity index (χ0v) is 68.9. The number of rotatable bonds is 30. The Morgan fingerprint density at radius 1 is 0.286 bits per heavy atom. The summed E-state index contributed by atoms with van der Waals surface area (Å²) >= 11 is 0. The number of carbonyl (C=O) groups is 6. The summed E-state index contributed by atoms with van der Waals surface area (Å²) in [6.07, 6.45) is -24.7. The lowest BCUT2D eigenvalue weighted by molar-refractivity contribution is 0.176. The summed E-state index contributed by atoms with van der Waals surface area (Å²) in [4.78, 5) is 88.9. The molecule has 0 unspecified atom stereocenters. The third-order valence-electron chi connectivity index (χ3n) is 19.0. The molecule has 12 N–H and O–H groups in total. The van der Waals surface area contributed by atoms with Crippen LogP contribution in [0, 0.1) is 0 Å². The predicted molar refractivity (Wildman–Crippen MR) is 495 cm³/mol. The summed E-state index contributed by atoms with van der Waals surface area (Å²) < 4.78 is 412. The topological polar surface area (TPSA) is 344 Å². The Kier molecular flexibility index (Phi) is 16.7. The first-order valence-corrected chi connectivity index (χ1v) is 39.1. The summed E-state index contributed by atoms with van der Waals surface area (Å²) in [7, 11) is 9.19. The molecule has 30 nitrogen and oxygen atoms in total. The van der Waals surface area contributed by atoms with Crippen LogP contribution in [0.3, 0.4) is 0 Å². The van der Waals surface area contributed by atoms with Crippen LogP contribution < -0.4 is 31.9 Å². The lowest BCUT2D eigenvalue weighted by atomic mass is 10.0. The highest BCUT2D eigenvalue weighted by Crippen LogP contribution is 2.29. The van der Waals surface area contributed by atoms with Crippen molar-refractivity contribution in [3.05, 3.63) is 213 Å². The first kappa shape index (κ1) is 48.0. The lowest BCUT2D eigenvalue weighted by Crippen LogP contribution is -2.28. The molecule has 0 saturated carbocycles. The summed E-state index contributed by atoms with van der Waals surface area (Å²) in [6, 6.07) is 21.7. The third kappa shape index (κ3) is 26.5. The van der Waals surface area contributed by atoms with Crippen molar-refractivity contribution in [3.63, 3.8) is 0 Å². The zero-order valence-electron chi connectivity index (χ0n) is 117. The number of fused-ring (bicyclic) bond motifs is 6. The van der Waals surface area contributed by atoms with Gasteiger partial charge in [-0.3, -0.25) is 0 Å². The van der Waals surface area contributed by atoms with E-state index in [1.54, 1.807) is 75.6 Å². The number of nitrogens with one attached hydrogen (secondary N) is 12. The van der Waals surface area contributed by atoms with Crippen LogP contribution in [0.5, 0.6) is 0 Å². The molecule has 30 heteroatoms. The number of hydrogen-bond donors (Lipinski definition) is 12. The molecule has 6 saturated heterocycles. The first-order chi connectivity index (χ1) is 79.4. The molecular formula is C96H126N18O12. The molecule has 6 aliphatic rings. The Morgan fingerprint density at radius 2 is 0.500 bits per heavy atom. The molecule has 0 bridgehead atoms. The molecule has 672 valence electrons. The van der Waals surface area contributed by atoms with E-state index < -0.39 is 217 Å². The van der Waals surface area contributed by atoms with Crippen molar-refractivity contribution in [2.75, 3.05) is 163 Å². The number of cyclic esters (lactones) is 6. The molecule has 6 atom stereocenters. The second-order valence-electron chi connectivity index (χ2n) is 29.3. The Labute approximate surface area is 804 Å². The molecule has 6 amide bonds. The number of alkyl carbamates (subject to hydrolysis) is 6. The fourth-order valence-electron chi connectivity index (χ4n) is 13.1. The van der Waals surface area contributed by atoms with Gasteiger partial charge in [0.25, 0.3) is 0 Å². The smallest absolute Gasteiger partial charge is 0.407 e. The third-order valence-corrected chi connectivity index (χ3v) is 19.0. The Hall–Kier alpha value is -12.1. The van der Waals surface area contributed by atoms with Gasteiger partial charge in [0.1, 0.15) is 39.6 Å². The number of benzene rings is 6. The number of ether oxygens (including phenoxy) is 6. The highest BCUT2D eigenvalue weighted by Gasteiger charge is 2.29. The van der Waals surface area contributed by atoms with Crippen molar-refractivity contribution in [1.82, 2.24) is 91.2 Å². The number of H-pyrrole nitrogens is 6. The summed E-state index contributed by atoms with van der Waals surface area (Å²) in [5.41, 5.74) is 4.60. The van der Waals surface area contributed by atoms with Crippen LogP contribution in [0.1, 0.15) is 133 Å². The average Bonchev–Trinajstić information content (AvgIpc) is 1.60. The van der Waals surface area contributed by atoms with Crippen LogP contribution in [0.25, 0.3) is 65.4 Å². The van der Waals surface area contributed by atoms with Gasteiger partial charge in [-0.1, -0.05) is 36.4 Å². The minimum atomic E-state index is -3.27. The van der Waals surface area contributed by atoms with Crippen LogP contribution in [0.4, 0.5) is 28.8 Å². The van der Waals surface area contributed by atoms with Gasteiger partial charge >= 0.3 is 36.6 Å². The molecule has 12 aromatic rings. The van der Waals surface area contributed by atoms with Gasteiger partial charge in [-0.15, -0.1) is 0 Å². The maximum absolute atomic E-state index is 11.3. The van der Waals surface area contributed by atoms with Crippen molar-refractivity contribution in [1.29, 1.82) is 0 Å². The van der Waals surface area contributed by atoms with Gasteiger partial charge < -0.3 is 120 Å². The van der Waals surface area contributed by atoms with E-state index in [1.165, 1.54) is 78.7 Å². The lowest BCUT2D eigenvalue weighted by Gasteiger charge is -2.09. The Bertz CT molecular complexity index is 7970. The number of amides is 6. The summed E-state index contributed by atoms with van der Waals surface area (Å²) in [6.45, 7) is -27.0. The van der Waals surface area contributed by atoms with Crippen LogP contribution in [0.2, 0.25) is 0 Å². The molecule has 0 radical (unpaired) electrons. The largest absolute Gasteiger partial charge is 0.447 e. The first-order valence-electron chi connectivity index (χ1n) is 63.1. The van der Waals surface area contributed by atoms with Gasteiger partial charge in [0.2, 0.25) is 0 Å². The van der Waals surface area contributed by atoms with Gasteiger partial charge in [-0.2, -0.15) is 0 Å². The van der Waals surface area contributed by atoms with Crippen molar-refractivity contribution >= 4 is 102 Å². The number of likely N-dealkylation sites (N-methyl/N-ethyl adjacent to an activating group) is 6. The highest BCUT2D eigenvalue weighted by molar-refractivity contribution is 5.88. The highest BCUT2D eigenvalue weighted by atomic mass is 16.6. The molecule has 6 aromatic heterocycles. The van der Waals surface area contributed by atoms with Gasteiger partial charge in [0.15, 0.2) is 0 Å². The standard InChI is InChI=1S/6C16H21N3O2/c6*1-19(2)6-5-12-9-17-15-4-3-11(8-14(12)15)7-13-10-21-16(20)18-13/h6*3-4,8-9,13,17H,5-7,10H2,1-2H3,(H,18,20)/t6*13-/m000000/s1/i1D3,2D3,6D2,7D2,9D;1D3,2D3,5D2,7D2,9D;1D3,6D2,7D2,9D;1D3,5D2,7D2,9D;6D2,7D2,9D;5D2,7D2,9D. The SMILES string of the molecule is [2H]c1[nH]c2ccc(C([2H])([2H])[C@H]3COC(=O)N3)cc2c1C([2H])([2H])CN(C([2H])([2H])[2H])C([2H])([2H])[2H].[2H]c1[nH]c2ccc(C([2H])([2H])[C@H]3COC(=O)N3)cc2c1C([2H])([2H])CN(C)C.[2H]c1[nH]c2ccc(C([2H])([2H])[C@H]3COC(=O)N3)cc2c1C([2H])([2H])CN(C)C([2H])([2H])[2H].[2H]c1[nH]c2ccc(C([2H])([2H])[C@H]3COC(=O)N3)cc2c1CC([2H])([2H])N(C([2H])([2H])[2H])C([2H])([2H])[2H].[2H]c1[nH]c2ccc(C([2H])([2H])[C@H]3COC(=O)N3)cc2c1CC([2H])([2H])N(C)C.[2H]c1[nH]c2ccc(C([2H])([2H])[C@H]3COC(=O)N3)cc2c1CC([2H])([2H])N(C)C([2H])([2H])[2H]. The van der Waals surface area contributed by atoms with Gasteiger partial charge in [-0.25, -0.2) is 28.8 Å². The molecule has 6 fully saturated rings. The second-order valence-corrected chi connectivity index (χ2v) is 29.3. The quantitative estimate of drug-likeness (QED) is 0.0186. The van der Waals surface area contributed by atoms with Crippen molar-refractivity contribution in [3.8, 4) is 0 Å². The summed E-state index contributed by atoms with van der Waals surface area (Å²) in [5, 5.41) is 16.6. The second kappa shape index (κ2) is 43.7. The van der Waals surface area contributed by atoms with Gasteiger partial charge in [-0.05, 0) is 300 Å². The fourth-order valence-corrected chi connectivity index (χ4v) is 13.1. The van der Waals surface area contributed by atoms with Crippen molar-refractivity contribution < 1.29 is 123 Å². The normalized spacial score (nSPS) is 25.8. The molecule has 18 rings (SSSR count). The van der Waals surface area contributed by atoms with E-state index in [-0.39, 0.29) is 171 Å². The van der Waals surface area contributed by atoms with Crippen LogP contribution in [-0.4, -0.2) is 295 Å². The summed E-state index contributed by atoms with van der Waals surface area (Å²) in [5.74, 6) is 0. The van der Waals surface area contributed by atoms with Crippen LogP contribution in [0.15, 0.2) is 146 Å². The van der Waals surface area contributed by atoms with Crippen molar-refractivity contribution in [2.45, 2.75) is 113 Å². The molecule has 0 aliphatic carbocycles. The van der Waals surface area contributed by atoms with Gasteiger partial charge in [0, 0.05) is 199 Å². The van der Waals surface area contributed by atoms with E-state index in [2.05, 4.69) is 61.8 Å². The monoisotopic (exact) mass is 1770 g/mol. The fraction of sp³-hybridized carbons (Fsp3) is 0.438. The zero-order chi connectivity index (χ0) is 131. The van der Waals surface area contributed by atoms with E-state index >= 15 is 0 Å². The maximum Gasteiger partial charge on any atom is 0.407 e.